The average Bonchev–Trinajstić information content (AvgIpc) is 3.35. The SMILES string of the molecule is CCc1noc(C)c1-c1noc(C2COCCN2C2CCCC2)n1. The molecule has 1 saturated heterocycles. The van der Waals surface area contributed by atoms with E-state index in [1.165, 1.54) is 25.7 Å². The van der Waals surface area contributed by atoms with Crippen LogP contribution in [-0.4, -0.2) is 46.0 Å². The third-order valence-corrected chi connectivity index (χ3v) is 5.18. The van der Waals surface area contributed by atoms with Crippen molar-refractivity contribution >= 4 is 0 Å². The second-order valence-electron chi connectivity index (χ2n) is 6.64. The molecule has 1 atom stereocenters. The number of rotatable bonds is 4. The highest BCUT2D eigenvalue weighted by atomic mass is 16.5. The minimum absolute atomic E-state index is 0.0494. The lowest BCUT2D eigenvalue weighted by Crippen LogP contribution is -2.44. The fraction of sp³-hybridized carbons (Fsp3) is 0.706. The predicted octanol–water partition coefficient (Wildman–Crippen LogP) is 2.91. The second kappa shape index (κ2) is 6.64. The Bertz CT molecular complexity index is 690. The molecule has 0 aromatic carbocycles. The van der Waals surface area contributed by atoms with Crippen molar-refractivity contribution in [3.63, 3.8) is 0 Å². The summed E-state index contributed by atoms with van der Waals surface area (Å²) in [5, 5.41) is 8.27. The lowest BCUT2D eigenvalue weighted by molar-refractivity contribution is -0.0397. The first-order valence-corrected chi connectivity index (χ1v) is 8.90. The van der Waals surface area contributed by atoms with Crippen molar-refractivity contribution in [2.45, 2.75) is 58.0 Å². The van der Waals surface area contributed by atoms with Gasteiger partial charge in [-0.2, -0.15) is 4.98 Å². The molecule has 1 saturated carbocycles. The van der Waals surface area contributed by atoms with Crippen molar-refractivity contribution in [2.75, 3.05) is 19.8 Å². The maximum absolute atomic E-state index is 5.69. The van der Waals surface area contributed by atoms with Crippen molar-refractivity contribution in [3.05, 3.63) is 17.3 Å². The second-order valence-corrected chi connectivity index (χ2v) is 6.64. The number of nitrogens with zero attached hydrogens (tertiary/aromatic N) is 4. The van der Waals surface area contributed by atoms with Crippen LogP contribution in [0.5, 0.6) is 0 Å². The Balaban J connectivity index is 1.62. The van der Waals surface area contributed by atoms with Crippen LogP contribution in [-0.2, 0) is 11.2 Å². The Hall–Kier alpha value is -1.73. The van der Waals surface area contributed by atoms with Crippen LogP contribution in [0.4, 0.5) is 0 Å². The van der Waals surface area contributed by atoms with E-state index < -0.39 is 0 Å². The van der Waals surface area contributed by atoms with Gasteiger partial charge < -0.3 is 13.8 Å². The molecule has 2 aliphatic rings. The van der Waals surface area contributed by atoms with E-state index in [1.54, 1.807) is 0 Å². The Morgan fingerprint density at radius 2 is 2.00 bits per heavy atom. The minimum Gasteiger partial charge on any atom is -0.378 e. The molecule has 0 radical (unpaired) electrons. The van der Waals surface area contributed by atoms with Gasteiger partial charge in [-0.05, 0) is 26.2 Å². The maximum atomic E-state index is 5.69. The van der Waals surface area contributed by atoms with Crippen LogP contribution in [0.1, 0.15) is 56.0 Å². The third kappa shape index (κ3) is 2.75. The topological polar surface area (TPSA) is 77.4 Å². The lowest BCUT2D eigenvalue weighted by Gasteiger charge is -2.37. The zero-order valence-corrected chi connectivity index (χ0v) is 14.3. The number of aromatic nitrogens is 3. The molecule has 1 unspecified atom stereocenters. The van der Waals surface area contributed by atoms with Crippen LogP contribution < -0.4 is 0 Å². The number of morpholine rings is 1. The summed E-state index contributed by atoms with van der Waals surface area (Å²) in [7, 11) is 0. The van der Waals surface area contributed by atoms with Crippen molar-refractivity contribution in [2.24, 2.45) is 0 Å². The first kappa shape index (κ1) is 15.8. The Morgan fingerprint density at radius 3 is 2.79 bits per heavy atom. The summed E-state index contributed by atoms with van der Waals surface area (Å²) >= 11 is 0. The third-order valence-electron chi connectivity index (χ3n) is 5.18. The van der Waals surface area contributed by atoms with E-state index in [-0.39, 0.29) is 6.04 Å². The van der Waals surface area contributed by atoms with Gasteiger partial charge in [0.25, 0.3) is 0 Å². The first-order chi connectivity index (χ1) is 11.8. The molecule has 4 rings (SSSR count). The van der Waals surface area contributed by atoms with Gasteiger partial charge in [-0.1, -0.05) is 30.1 Å². The number of ether oxygens (including phenoxy) is 1. The predicted molar refractivity (Wildman–Crippen MR) is 86.4 cm³/mol. The van der Waals surface area contributed by atoms with Gasteiger partial charge in [-0.25, -0.2) is 0 Å². The molecule has 0 spiro atoms. The lowest BCUT2D eigenvalue weighted by atomic mass is 10.1. The van der Waals surface area contributed by atoms with Gasteiger partial charge in [0.2, 0.25) is 11.7 Å². The average molecular weight is 332 g/mol. The van der Waals surface area contributed by atoms with Crippen molar-refractivity contribution < 1.29 is 13.8 Å². The molecule has 7 heteroatoms. The van der Waals surface area contributed by atoms with Crippen molar-refractivity contribution in [3.8, 4) is 11.4 Å². The van der Waals surface area contributed by atoms with E-state index in [0.717, 1.165) is 36.6 Å². The van der Waals surface area contributed by atoms with Gasteiger partial charge in [0.15, 0.2) is 0 Å². The summed E-state index contributed by atoms with van der Waals surface area (Å²) in [6.07, 6.45) is 5.90. The van der Waals surface area contributed by atoms with Crippen LogP contribution in [0.15, 0.2) is 9.05 Å². The zero-order valence-electron chi connectivity index (χ0n) is 14.3. The monoisotopic (exact) mass is 332 g/mol. The fourth-order valence-corrected chi connectivity index (χ4v) is 3.92. The van der Waals surface area contributed by atoms with E-state index in [9.17, 15) is 0 Å². The standard InChI is InChI=1S/C17H24N4O3/c1-3-13-15(11(2)23-19-13)16-18-17(24-20-16)14-10-22-9-8-21(14)12-6-4-5-7-12/h12,14H,3-10H2,1-2H3. The van der Waals surface area contributed by atoms with Gasteiger partial charge in [-0.3, -0.25) is 4.90 Å². The minimum atomic E-state index is 0.0494. The molecule has 1 aliphatic carbocycles. The van der Waals surface area contributed by atoms with E-state index in [4.69, 9.17) is 13.8 Å². The molecule has 2 aromatic rings. The molecular weight excluding hydrogens is 308 g/mol. The molecule has 3 heterocycles. The molecule has 0 bridgehead atoms. The van der Waals surface area contributed by atoms with E-state index in [2.05, 4.69) is 20.2 Å². The molecule has 24 heavy (non-hydrogen) atoms. The first-order valence-electron chi connectivity index (χ1n) is 8.90. The summed E-state index contributed by atoms with van der Waals surface area (Å²) in [4.78, 5) is 7.16. The molecule has 2 fully saturated rings. The molecular formula is C17H24N4O3. The largest absolute Gasteiger partial charge is 0.378 e. The van der Waals surface area contributed by atoms with Gasteiger partial charge in [0.05, 0.1) is 24.5 Å². The fourth-order valence-electron chi connectivity index (χ4n) is 3.92. The Kier molecular flexibility index (Phi) is 4.37. The maximum Gasteiger partial charge on any atom is 0.246 e. The van der Waals surface area contributed by atoms with Crippen LogP contribution in [0.25, 0.3) is 11.4 Å². The number of hydrogen-bond acceptors (Lipinski definition) is 7. The van der Waals surface area contributed by atoms with Crippen LogP contribution in [0.3, 0.4) is 0 Å². The van der Waals surface area contributed by atoms with E-state index >= 15 is 0 Å². The smallest absolute Gasteiger partial charge is 0.246 e. The van der Waals surface area contributed by atoms with Gasteiger partial charge >= 0.3 is 0 Å². The molecule has 2 aromatic heterocycles. The van der Waals surface area contributed by atoms with Gasteiger partial charge in [0.1, 0.15) is 11.8 Å². The quantitative estimate of drug-likeness (QED) is 0.852. The van der Waals surface area contributed by atoms with Crippen LogP contribution in [0.2, 0.25) is 0 Å². The van der Waals surface area contributed by atoms with Crippen molar-refractivity contribution in [1.82, 2.24) is 20.2 Å². The normalized spacial score (nSPS) is 23.2. The van der Waals surface area contributed by atoms with Gasteiger partial charge in [-0.15, -0.1) is 0 Å². The zero-order chi connectivity index (χ0) is 16.5. The summed E-state index contributed by atoms with van der Waals surface area (Å²) in [5.74, 6) is 1.93. The number of hydrogen-bond donors (Lipinski definition) is 0. The highest BCUT2D eigenvalue weighted by Gasteiger charge is 2.35. The van der Waals surface area contributed by atoms with E-state index in [0.29, 0.717) is 24.4 Å². The molecule has 1 aliphatic heterocycles. The summed E-state index contributed by atoms with van der Waals surface area (Å²) in [6.45, 7) is 6.24. The molecule has 7 nitrogen and oxygen atoms in total. The summed E-state index contributed by atoms with van der Waals surface area (Å²) in [6, 6.07) is 0.658. The van der Waals surface area contributed by atoms with Crippen LogP contribution >= 0.6 is 0 Å². The van der Waals surface area contributed by atoms with Gasteiger partial charge in [0, 0.05) is 12.6 Å². The highest BCUT2D eigenvalue weighted by Crippen LogP contribution is 2.34. The van der Waals surface area contributed by atoms with Crippen molar-refractivity contribution in [1.29, 1.82) is 0 Å². The summed E-state index contributed by atoms with van der Waals surface area (Å²) in [5.41, 5.74) is 1.73. The van der Waals surface area contributed by atoms with E-state index in [1.807, 2.05) is 13.8 Å². The Labute approximate surface area is 141 Å². The molecule has 130 valence electrons. The highest BCUT2D eigenvalue weighted by molar-refractivity contribution is 5.59. The summed E-state index contributed by atoms with van der Waals surface area (Å²) < 4.78 is 16.6. The number of aryl methyl sites for hydroxylation is 2. The molecule has 0 amide bonds. The Morgan fingerprint density at radius 1 is 1.17 bits per heavy atom. The van der Waals surface area contributed by atoms with Crippen LogP contribution in [0, 0.1) is 6.92 Å². The molecule has 0 N–H and O–H groups in total.